The van der Waals surface area contributed by atoms with Crippen molar-refractivity contribution in [1.29, 1.82) is 0 Å². The molecule has 2 aromatic carbocycles. The highest BCUT2D eigenvalue weighted by Gasteiger charge is 2.12. The van der Waals surface area contributed by atoms with E-state index in [0.29, 0.717) is 27.1 Å². The molecular weight excluding hydrogens is 401 g/mol. The molecule has 0 saturated heterocycles. The minimum absolute atomic E-state index is 0.143. The van der Waals surface area contributed by atoms with Crippen molar-refractivity contribution in [2.75, 3.05) is 7.11 Å². The third kappa shape index (κ3) is 4.72. The Kier molecular flexibility index (Phi) is 6.23. The molecule has 7 heteroatoms. The Morgan fingerprint density at radius 3 is 2.75 bits per heavy atom. The summed E-state index contributed by atoms with van der Waals surface area (Å²) in [4.78, 5) is 10.8. The van der Waals surface area contributed by atoms with Crippen LogP contribution in [0.2, 0.25) is 5.02 Å². The third-order valence-corrected chi connectivity index (χ3v) is 4.02. The minimum Gasteiger partial charge on any atom is -0.493 e. The van der Waals surface area contributed by atoms with Gasteiger partial charge >= 0.3 is 0 Å². The van der Waals surface area contributed by atoms with Crippen molar-refractivity contribution in [1.82, 2.24) is 0 Å². The molecule has 1 amide bonds. The van der Waals surface area contributed by atoms with E-state index < -0.39 is 11.7 Å². The van der Waals surface area contributed by atoms with E-state index in [1.807, 2.05) is 0 Å². The van der Waals surface area contributed by atoms with E-state index >= 15 is 0 Å². The lowest BCUT2D eigenvalue weighted by Crippen LogP contribution is -2.05. The van der Waals surface area contributed by atoms with E-state index in [9.17, 15) is 9.18 Å². The maximum atomic E-state index is 13.1. The van der Waals surface area contributed by atoms with Crippen LogP contribution < -0.4 is 15.2 Å². The normalized spacial score (nSPS) is 10.8. The Labute approximate surface area is 152 Å². The van der Waals surface area contributed by atoms with Crippen molar-refractivity contribution in [2.24, 2.45) is 5.73 Å². The molecule has 0 aliphatic heterocycles. The molecule has 0 bridgehead atoms. The fourth-order valence-corrected chi connectivity index (χ4v) is 2.74. The Bertz CT molecular complexity index is 796. The smallest absolute Gasteiger partial charge is 0.241 e. The average molecular weight is 415 g/mol. The van der Waals surface area contributed by atoms with E-state index in [0.717, 1.165) is 0 Å². The zero-order chi connectivity index (χ0) is 17.7. The zero-order valence-electron chi connectivity index (χ0n) is 12.7. The van der Waals surface area contributed by atoms with Crippen LogP contribution >= 0.6 is 27.5 Å². The lowest BCUT2D eigenvalue weighted by atomic mass is 10.2. The molecule has 0 aliphatic carbocycles. The van der Waals surface area contributed by atoms with Gasteiger partial charge < -0.3 is 15.2 Å². The molecule has 24 heavy (non-hydrogen) atoms. The van der Waals surface area contributed by atoms with Crippen molar-refractivity contribution >= 4 is 39.5 Å². The number of carbonyl (C=O) groups is 1. The summed E-state index contributed by atoms with van der Waals surface area (Å²) in [5.74, 6) is -0.0229. The van der Waals surface area contributed by atoms with Crippen molar-refractivity contribution in [3.05, 3.63) is 62.8 Å². The Balaban J connectivity index is 2.24. The number of primary amides is 1. The van der Waals surface area contributed by atoms with Gasteiger partial charge in [-0.2, -0.15) is 0 Å². The number of methoxy groups -OCH3 is 1. The summed E-state index contributed by atoms with van der Waals surface area (Å²) >= 11 is 9.39. The van der Waals surface area contributed by atoms with Gasteiger partial charge in [0.05, 0.1) is 16.6 Å². The van der Waals surface area contributed by atoms with Crippen LogP contribution in [-0.4, -0.2) is 13.0 Å². The molecule has 2 rings (SSSR count). The van der Waals surface area contributed by atoms with Gasteiger partial charge in [0.25, 0.3) is 0 Å². The topological polar surface area (TPSA) is 61.5 Å². The predicted octanol–water partition coefficient (Wildman–Crippen LogP) is 4.33. The lowest BCUT2D eigenvalue weighted by molar-refractivity contribution is -0.113. The highest BCUT2D eigenvalue weighted by molar-refractivity contribution is 9.10. The second-order valence-electron chi connectivity index (χ2n) is 4.79. The molecule has 4 nitrogen and oxygen atoms in total. The quantitative estimate of drug-likeness (QED) is 0.716. The average Bonchev–Trinajstić information content (AvgIpc) is 2.52. The zero-order valence-corrected chi connectivity index (χ0v) is 15.0. The summed E-state index contributed by atoms with van der Waals surface area (Å²) in [5.41, 5.74) is 6.44. The first-order valence-electron chi connectivity index (χ1n) is 6.82. The van der Waals surface area contributed by atoms with E-state index in [-0.39, 0.29) is 11.6 Å². The van der Waals surface area contributed by atoms with E-state index in [1.165, 1.54) is 25.3 Å². The van der Waals surface area contributed by atoms with E-state index in [4.69, 9.17) is 26.8 Å². The van der Waals surface area contributed by atoms with Gasteiger partial charge in [0, 0.05) is 11.6 Å². The summed E-state index contributed by atoms with van der Waals surface area (Å²) < 4.78 is 24.8. The number of nitrogens with two attached hydrogens (primary N) is 1. The first kappa shape index (κ1) is 18.3. The Morgan fingerprint density at radius 2 is 2.12 bits per heavy atom. The molecule has 0 heterocycles. The van der Waals surface area contributed by atoms with E-state index in [2.05, 4.69) is 15.9 Å². The summed E-state index contributed by atoms with van der Waals surface area (Å²) in [7, 11) is 1.50. The summed E-state index contributed by atoms with van der Waals surface area (Å²) in [6, 6.07) is 7.55. The van der Waals surface area contributed by atoms with Crippen LogP contribution in [0.5, 0.6) is 11.5 Å². The monoisotopic (exact) mass is 413 g/mol. The van der Waals surface area contributed by atoms with Crippen molar-refractivity contribution < 1.29 is 18.7 Å². The number of hydrogen-bond acceptors (Lipinski definition) is 3. The van der Waals surface area contributed by atoms with Gasteiger partial charge in [-0.15, -0.1) is 0 Å². The minimum atomic E-state index is -0.545. The number of halogens is 3. The van der Waals surface area contributed by atoms with Gasteiger partial charge in [0.2, 0.25) is 5.91 Å². The molecule has 0 atom stereocenters. The molecule has 0 fully saturated rings. The largest absolute Gasteiger partial charge is 0.493 e. The van der Waals surface area contributed by atoms with Crippen LogP contribution in [0, 0.1) is 5.82 Å². The highest BCUT2D eigenvalue weighted by Crippen LogP contribution is 2.37. The Morgan fingerprint density at radius 1 is 1.38 bits per heavy atom. The standard InChI is InChI=1S/C17H14BrClFNO3/c1-23-15-7-10(2-5-16(21)22)6-13(18)17(15)24-9-11-3-4-12(20)8-14(11)19/h2-8H,9H2,1H3,(H2,21,22). The molecule has 0 spiro atoms. The van der Waals surface area contributed by atoms with Crippen LogP contribution in [0.3, 0.4) is 0 Å². The number of carbonyl (C=O) groups excluding carboxylic acids is 1. The lowest BCUT2D eigenvalue weighted by Gasteiger charge is -2.14. The summed E-state index contributed by atoms with van der Waals surface area (Å²) in [6.07, 6.45) is 2.82. The molecule has 0 aliphatic rings. The maximum Gasteiger partial charge on any atom is 0.241 e. The molecule has 2 aromatic rings. The van der Waals surface area contributed by atoms with Gasteiger partial charge in [0.1, 0.15) is 12.4 Å². The molecular formula is C17H14BrClFNO3. The summed E-state index contributed by atoms with van der Waals surface area (Å²) in [5, 5.41) is 0.283. The molecule has 126 valence electrons. The van der Waals surface area contributed by atoms with Crippen LogP contribution in [0.1, 0.15) is 11.1 Å². The molecule has 0 aromatic heterocycles. The van der Waals surface area contributed by atoms with Crippen LogP contribution in [-0.2, 0) is 11.4 Å². The van der Waals surface area contributed by atoms with Crippen LogP contribution in [0.15, 0.2) is 40.9 Å². The molecule has 0 radical (unpaired) electrons. The number of rotatable bonds is 6. The number of ether oxygens (including phenoxy) is 2. The number of hydrogen-bond donors (Lipinski definition) is 1. The fourth-order valence-electron chi connectivity index (χ4n) is 1.94. The Hall–Kier alpha value is -2.05. The number of amides is 1. The molecule has 2 N–H and O–H groups in total. The second-order valence-corrected chi connectivity index (χ2v) is 6.06. The van der Waals surface area contributed by atoms with Gasteiger partial charge in [-0.05, 0) is 51.8 Å². The van der Waals surface area contributed by atoms with Gasteiger partial charge in [0.15, 0.2) is 11.5 Å². The SMILES string of the molecule is COc1cc(C=CC(N)=O)cc(Br)c1OCc1ccc(F)cc1Cl. The summed E-state index contributed by atoms with van der Waals surface area (Å²) in [6.45, 7) is 0.143. The first-order chi connectivity index (χ1) is 11.4. The third-order valence-electron chi connectivity index (χ3n) is 3.08. The first-order valence-corrected chi connectivity index (χ1v) is 7.99. The van der Waals surface area contributed by atoms with Gasteiger partial charge in [-0.1, -0.05) is 17.7 Å². The molecule has 0 saturated carbocycles. The van der Waals surface area contributed by atoms with Crippen LogP contribution in [0.25, 0.3) is 6.08 Å². The fraction of sp³-hybridized carbons (Fsp3) is 0.118. The number of benzene rings is 2. The van der Waals surface area contributed by atoms with Gasteiger partial charge in [-0.25, -0.2) is 4.39 Å². The highest BCUT2D eigenvalue weighted by atomic mass is 79.9. The second kappa shape index (κ2) is 8.17. The van der Waals surface area contributed by atoms with Crippen LogP contribution in [0.4, 0.5) is 4.39 Å². The van der Waals surface area contributed by atoms with Crippen molar-refractivity contribution in [3.63, 3.8) is 0 Å². The maximum absolute atomic E-state index is 13.1. The molecule has 0 unspecified atom stereocenters. The predicted molar refractivity (Wildman–Crippen MR) is 94.7 cm³/mol. The van der Waals surface area contributed by atoms with Gasteiger partial charge in [-0.3, -0.25) is 4.79 Å². The van der Waals surface area contributed by atoms with E-state index in [1.54, 1.807) is 24.3 Å². The van der Waals surface area contributed by atoms with Crippen molar-refractivity contribution in [2.45, 2.75) is 6.61 Å². The van der Waals surface area contributed by atoms with Crippen molar-refractivity contribution in [3.8, 4) is 11.5 Å².